The summed E-state index contributed by atoms with van der Waals surface area (Å²) in [5, 5.41) is 3.63. The third-order valence-electron chi connectivity index (χ3n) is 4.45. The van der Waals surface area contributed by atoms with Crippen molar-refractivity contribution < 1.29 is 13.9 Å². The standard InChI is InChI=1S/C23H16ClNO4/c1-28-18-8-5-14(6-9-18)22-13-20(26)19-12-17(7-10-21(19)29-22)25-23(27)15-3-2-4-16(24)11-15/h2-13H,1H3,(H,25,27). The highest BCUT2D eigenvalue weighted by Gasteiger charge is 2.11. The van der Waals surface area contributed by atoms with Crippen LogP contribution in [0.15, 0.2) is 82.0 Å². The first-order valence-electron chi connectivity index (χ1n) is 8.83. The Morgan fingerprint density at radius 3 is 2.52 bits per heavy atom. The second-order valence-electron chi connectivity index (χ2n) is 6.38. The lowest BCUT2D eigenvalue weighted by molar-refractivity contribution is 0.102. The normalized spacial score (nSPS) is 10.7. The topological polar surface area (TPSA) is 68.5 Å². The minimum absolute atomic E-state index is 0.198. The van der Waals surface area contributed by atoms with Crippen molar-refractivity contribution in [2.24, 2.45) is 0 Å². The highest BCUT2D eigenvalue weighted by atomic mass is 35.5. The third kappa shape index (κ3) is 4.00. The van der Waals surface area contributed by atoms with Crippen molar-refractivity contribution in [3.63, 3.8) is 0 Å². The molecule has 29 heavy (non-hydrogen) atoms. The minimum Gasteiger partial charge on any atom is -0.497 e. The fraction of sp³-hybridized carbons (Fsp3) is 0.0435. The number of rotatable bonds is 4. The zero-order chi connectivity index (χ0) is 20.4. The maximum atomic E-state index is 12.6. The van der Waals surface area contributed by atoms with Gasteiger partial charge < -0.3 is 14.5 Å². The summed E-state index contributed by atoms with van der Waals surface area (Å²) in [7, 11) is 1.59. The summed E-state index contributed by atoms with van der Waals surface area (Å²) in [4.78, 5) is 25.0. The number of methoxy groups -OCH3 is 1. The summed E-state index contributed by atoms with van der Waals surface area (Å²) >= 11 is 5.93. The molecule has 4 aromatic rings. The van der Waals surface area contributed by atoms with Gasteiger partial charge >= 0.3 is 0 Å². The molecule has 1 heterocycles. The van der Waals surface area contributed by atoms with Gasteiger partial charge in [-0.1, -0.05) is 17.7 Å². The van der Waals surface area contributed by atoms with Gasteiger partial charge in [0.25, 0.3) is 5.91 Å². The van der Waals surface area contributed by atoms with Crippen molar-refractivity contribution in [2.75, 3.05) is 12.4 Å². The van der Waals surface area contributed by atoms with E-state index >= 15 is 0 Å². The number of carbonyl (C=O) groups is 1. The minimum atomic E-state index is -0.314. The van der Waals surface area contributed by atoms with Crippen molar-refractivity contribution >= 4 is 34.2 Å². The Morgan fingerprint density at radius 1 is 1.00 bits per heavy atom. The summed E-state index contributed by atoms with van der Waals surface area (Å²) in [6.07, 6.45) is 0. The van der Waals surface area contributed by atoms with Gasteiger partial charge in [-0.3, -0.25) is 9.59 Å². The van der Waals surface area contributed by atoms with Gasteiger partial charge in [0.05, 0.1) is 12.5 Å². The number of amides is 1. The molecule has 0 spiro atoms. The summed E-state index contributed by atoms with van der Waals surface area (Å²) in [6, 6.07) is 20.3. The molecule has 0 aliphatic rings. The van der Waals surface area contributed by atoms with Gasteiger partial charge in [0.1, 0.15) is 17.1 Å². The van der Waals surface area contributed by atoms with Gasteiger partial charge in [0.15, 0.2) is 5.43 Å². The van der Waals surface area contributed by atoms with Crippen LogP contribution in [0.25, 0.3) is 22.3 Å². The van der Waals surface area contributed by atoms with E-state index in [4.69, 9.17) is 20.8 Å². The van der Waals surface area contributed by atoms with Crippen LogP contribution < -0.4 is 15.5 Å². The number of hydrogen-bond acceptors (Lipinski definition) is 4. The average Bonchev–Trinajstić information content (AvgIpc) is 2.74. The Kier molecular flexibility index (Phi) is 5.06. The van der Waals surface area contributed by atoms with Crippen LogP contribution in [-0.2, 0) is 0 Å². The monoisotopic (exact) mass is 405 g/mol. The first-order chi connectivity index (χ1) is 14.0. The van der Waals surface area contributed by atoms with Gasteiger partial charge in [-0.15, -0.1) is 0 Å². The van der Waals surface area contributed by atoms with E-state index in [0.29, 0.717) is 33.0 Å². The fourth-order valence-corrected chi connectivity index (χ4v) is 3.15. The second kappa shape index (κ2) is 7.81. The SMILES string of the molecule is COc1ccc(-c2cc(=O)c3cc(NC(=O)c4cccc(Cl)c4)ccc3o2)cc1. The van der Waals surface area contributed by atoms with Crippen LogP contribution in [0.3, 0.4) is 0 Å². The number of hydrogen-bond donors (Lipinski definition) is 1. The molecule has 1 aromatic heterocycles. The number of nitrogens with one attached hydrogen (secondary N) is 1. The van der Waals surface area contributed by atoms with Gasteiger partial charge in [0, 0.05) is 27.9 Å². The predicted octanol–water partition coefficient (Wildman–Crippen LogP) is 5.37. The molecule has 0 fully saturated rings. The number of benzene rings is 3. The van der Waals surface area contributed by atoms with Crippen LogP contribution in [-0.4, -0.2) is 13.0 Å². The molecule has 1 amide bonds. The number of ether oxygens (including phenoxy) is 1. The van der Waals surface area contributed by atoms with Crippen LogP contribution in [0.2, 0.25) is 5.02 Å². The van der Waals surface area contributed by atoms with E-state index in [0.717, 1.165) is 11.3 Å². The third-order valence-corrected chi connectivity index (χ3v) is 4.68. The van der Waals surface area contributed by atoms with E-state index in [9.17, 15) is 9.59 Å². The highest BCUT2D eigenvalue weighted by Crippen LogP contribution is 2.26. The molecule has 0 saturated carbocycles. The molecule has 0 aliphatic carbocycles. The molecule has 0 unspecified atom stereocenters. The zero-order valence-electron chi connectivity index (χ0n) is 15.4. The molecule has 4 rings (SSSR count). The molecule has 0 aliphatic heterocycles. The van der Waals surface area contributed by atoms with E-state index in [1.165, 1.54) is 6.07 Å². The number of halogens is 1. The number of fused-ring (bicyclic) bond motifs is 1. The van der Waals surface area contributed by atoms with Gasteiger partial charge in [-0.25, -0.2) is 0 Å². The van der Waals surface area contributed by atoms with E-state index in [2.05, 4.69) is 5.32 Å². The fourth-order valence-electron chi connectivity index (χ4n) is 2.96. The molecule has 0 atom stereocenters. The summed E-state index contributed by atoms with van der Waals surface area (Å²) < 4.78 is 11.0. The number of anilines is 1. The highest BCUT2D eigenvalue weighted by molar-refractivity contribution is 6.31. The van der Waals surface area contributed by atoms with Crippen molar-refractivity contribution in [3.8, 4) is 17.1 Å². The van der Waals surface area contributed by atoms with Crippen LogP contribution >= 0.6 is 11.6 Å². The summed E-state index contributed by atoms with van der Waals surface area (Å²) in [5.41, 5.74) is 1.93. The van der Waals surface area contributed by atoms with Crippen molar-refractivity contribution in [2.45, 2.75) is 0 Å². The lowest BCUT2D eigenvalue weighted by atomic mass is 10.1. The second-order valence-corrected chi connectivity index (χ2v) is 6.82. The largest absolute Gasteiger partial charge is 0.497 e. The maximum absolute atomic E-state index is 12.6. The molecular weight excluding hydrogens is 390 g/mol. The quantitative estimate of drug-likeness (QED) is 0.495. The predicted molar refractivity (Wildman–Crippen MR) is 114 cm³/mol. The Labute approximate surface area is 171 Å². The van der Waals surface area contributed by atoms with Gasteiger partial charge in [-0.2, -0.15) is 0 Å². The van der Waals surface area contributed by atoms with Crippen LogP contribution in [0.4, 0.5) is 5.69 Å². The van der Waals surface area contributed by atoms with Crippen LogP contribution in [0.5, 0.6) is 5.75 Å². The molecule has 1 N–H and O–H groups in total. The summed E-state index contributed by atoms with van der Waals surface area (Å²) in [5.74, 6) is 0.865. The zero-order valence-corrected chi connectivity index (χ0v) is 16.2. The lowest BCUT2D eigenvalue weighted by Crippen LogP contribution is -2.12. The Balaban J connectivity index is 1.65. The lowest BCUT2D eigenvalue weighted by Gasteiger charge is -2.08. The first-order valence-corrected chi connectivity index (χ1v) is 9.20. The molecule has 144 valence electrons. The smallest absolute Gasteiger partial charge is 0.255 e. The first kappa shape index (κ1) is 18.8. The molecule has 3 aromatic carbocycles. The van der Waals surface area contributed by atoms with Gasteiger partial charge in [0.2, 0.25) is 0 Å². The van der Waals surface area contributed by atoms with Crippen molar-refractivity contribution in [1.29, 1.82) is 0 Å². The van der Waals surface area contributed by atoms with Crippen molar-refractivity contribution in [1.82, 2.24) is 0 Å². The molecule has 0 radical (unpaired) electrons. The molecule has 6 heteroatoms. The summed E-state index contributed by atoms with van der Waals surface area (Å²) in [6.45, 7) is 0. The Morgan fingerprint density at radius 2 is 1.79 bits per heavy atom. The van der Waals surface area contributed by atoms with E-state index in [1.54, 1.807) is 61.7 Å². The van der Waals surface area contributed by atoms with Gasteiger partial charge in [-0.05, 0) is 60.7 Å². The van der Waals surface area contributed by atoms with E-state index in [1.807, 2.05) is 12.1 Å². The maximum Gasteiger partial charge on any atom is 0.255 e. The van der Waals surface area contributed by atoms with Crippen LogP contribution in [0, 0.1) is 0 Å². The van der Waals surface area contributed by atoms with E-state index in [-0.39, 0.29) is 11.3 Å². The Hall–Kier alpha value is -3.57. The molecule has 0 bridgehead atoms. The molecule has 5 nitrogen and oxygen atoms in total. The van der Waals surface area contributed by atoms with Crippen LogP contribution in [0.1, 0.15) is 10.4 Å². The van der Waals surface area contributed by atoms with E-state index < -0.39 is 0 Å². The molecule has 0 saturated heterocycles. The molecular formula is C23H16ClNO4. The Bertz CT molecular complexity index is 1260. The average molecular weight is 406 g/mol. The van der Waals surface area contributed by atoms with Crippen molar-refractivity contribution in [3.05, 3.63) is 93.6 Å². The number of carbonyl (C=O) groups excluding carboxylic acids is 1.